The van der Waals surface area contributed by atoms with E-state index in [0.29, 0.717) is 16.5 Å². The molecule has 0 bridgehead atoms. The predicted molar refractivity (Wildman–Crippen MR) is 63.1 cm³/mol. The predicted octanol–water partition coefficient (Wildman–Crippen LogP) is 2.32. The first kappa shape index (κ1) is 12.8. The van der Waals surface area contributed by atoms with Gasteiger partial charge in [0.1, 0.15) is 11.9 Å². The third-order valence-corrected chi connectivity index (χ3v) is 2.48. The van der Waals surface area contributed by atoms with Crippen molar-refractivity contribution in [2.45, 2.75) is 13.0 Å². The van der Waals surface area contributed by atoms with Crippen LogP contribution in [0.3, 0.4) is 0 Å². The van der Waals surface area contributed by atoms with Crippen molar-refractivity contribution in [1.29, 1.82) is 0 Å². The third kappa shape index (κ3) is 3.12. The van der Waals surface area contributed by atoms with Crippen LogP contribution in [0.2, 0.25) is 5.02 Å². The summed E-state index contributed by atoms with van der Waals surface area (Å²) in [5, 5.41) is 3.12. The van der Waals surface area contributed by atoms with Gasteiger partial charge in [0.05, 0.1) is 17.8 Å². The van der Waals surface area contributed by atoms with Crippen LogP contribution in [0, 0.1) is 0 Å². The number of benzene rings is 1. The van der Waals surface area contributed by atoms with Gasteiger partial charge in [-0.1, -0.05) is 11.6 Å². The molecule has 0 heterocycles. The smallest absolute Gasteiger partial charge is 0.253 e. The van der Waals surface area contributed by atoms with Crippen LogP contribution >= 0.6 is 11.6 Å². The number of carbonyl (C=O) groups excluding carboxylic acids is 1. The van der Waals surface area contributed by atoms with Crippen LogP contribution in [0.1, 0.15) is 6.92 Å². The molecule has 0 aliphatic rings. The van der Waals surface area contributed by atoms with E-state index in [9.17, 15) is 4.79 Å². The minimum absolute atomic E-state index is 0.252. The second-order valence-electron chi connectivity index (χ2n) is 3.21. The largest absolute Gasteiger partial charge is 0.497 e. The van der Waals surface area contributed by atoms with Crippen LogP contribution in [-0.4, -0.2) is 26.2 Å². The van der Waals surface area contributed by atoms with Crippen LogP contribution in [0.4, 0.5) is 5.69 Å². The number of hydrogen-bond acceptors (Lipinski definition) is 3. The summed E-state index contributed by atoms with van der Waals surface area (Å²) in [6.07, 6.45) is -0.526. The molecule has 0 aromatic heterocycles. The van der Waals surface area contributed by atoms with Crippen molar-refractivity contribution in [1.82, 2.24) is 0 Å². The van der Waals surface area contributed by atoms with Gasteiger partial charge in [-0.2, -0.15) is 0 Å². The van der Waals surface area contributed by atoms with Gasteiger partial charge in [-0.05, 0) is 19.1 Å². The van der Waals surface area contributed by atoms with Gasteiger partial charge >= 0.3 is 0 Å². The highest BCUT2D eigenvalue weighted by Crippen LogP contribution is 2.26. The maximum absolute atomic E-state index is 11.6. The SMILES string of the molecule is COc1ccc(Cl)c(NC(=O)C(C)OC)c1. The van der Waals surface area contributed by atoms with E-state index in [2.05, 4.69) is 5.32 Å². The topological polar surface area (TPSA) is 47.6 Å². The number of hydrogen-bond donors (Lipinski definition) is 1. The first-order valence-corrected chi connectivity index (χ1v) is 5.13. The van der Waals surface area contributed by atoms with Crippen LogP contribution < -0.4 is 10.1 Å². The second-order valence-corrected chi connectivity index (χ2v) is 3.62. The third-order valence-electron chi connectivity index (χ3n) is 2.15. The Balaban J connectivity index is 2.83. The molecule has 5 heteroatoms. The second kappa shape index (κ2) is 5.72. The number of halogens is 1. The number of amides is 1. The van der Waals surface area contributed by atoms with Crippen molar-refractivity contribution >= 4 is 23.2 Å². The van der Waals surface area contributed by atoms with Crippen molar-refractivity contribution in [2.24, 2.45) is 0 Å². The Morgan fingerprint density at radius 3 is 2.69 bits per heavy atom. The molecule has 1 aromatic rings. The normalized spacial score (nSPS) is 12.0. The maximum Gasteiger partial charge on any atom is 0.253 e. The maximum atomic E-state index is 11.6. The minimum atomic E-state index is -0.526. The standard InChI is InChI=1S/C11H14ClNO3/c1-7(15-2)11(14)13-10-6-8(16-3)4-5-9(10)12/h4-7H,1-3H3,(H,13,14). The zero-order valence-corrected chi connectivity index (χ0v) is 10.2. The Morgan fingerprint density at radius 2 is 2.12 bits per heavy atom. The summed E-state index contributed by atoms with van der Waals surface area (Å²) in [4.78, 5) is 11.6. The lowest BCUT2D eigenvalue weighted by atomic mass is 10.2. The minimum Gasteiger partial charge on any atom is -0.497 e. The molecular weight excluding hydrogens is 230 g/mol. The van der Waals surface area contributed by atoms with Crippen molar-refractivity contribution < 1.29 is 14.3 Å². The molecule has 0 saturated carbocycles. The zero-order valence-electron chi connectivity index (χ0n) is 9.41. The highest BCUT2D eigenvalue weighted by molar-refractivity contribution is 6.33. The van der Waals surface area contributed by atoms with E-state index in [0.717, 1.165) is 0 Å². The number of carbonyl (C=O) groups is 1. The fourth-order valence-corrected chi connectivity index (χ4v) is 1.23. The Kier molecular flexibility index (Phi) is 4.58. The fourth-order valence-electron chi connectivity index (χ4n) is 1.07. The van der Waals surface area contributed by atoms with Gasteiger partial charge in [0.25, 0.3) is 5.91 Å². The quantitative estimate of drug-likeness (QED) is 0.883. The van der Waals surface area contributed by atoms with Gasteiger partial charge in [0.2, 0.25) is 0 Å². The van der Waals surface area contributed by atoms with E-state index < -0.39 is 6.10 Å². The summed E-state index contributed by atoms with van der Waals surface area (Å²) >= 11 is 5.93. The van der Waals surface area contributed by atoms with Crippen LogP contribution in [0.25, 0.3) is 0 Å². The Hall–Kier alpha value is -1.26. The molecule has 0 radical (unpaired) electrons. The molecular formula is C11H14ClNO3. The molecule has 1 aromatic carbocycles. The van der Waals surface area contributed by atoms with E-state index in [1.54, 1.807) is 32.2 Å². The van der Waals surface area contributed by atoms with Crippen molar-refractivity contribution in [2.75, 3.05) is 19.5 Å². The molecule has 1 atom stereocenters. The van der Waals surface area contributed by atoms with Crippen molar-refractivity contribution in [3.8, 4) is 5.75 Å². The summed E-state index contributed by atoms with van der Waals surface area (Å²) in [7, 11) is 3.02. The van der Waals surface area contributed by atoms with E-state index in [1.165, 1.54) is 7.11 Å². The molecule has 1 amide bonds. The van der Waals surface area contributed by atoms with Gasteiger partial charge in [0.15, 0.2) is 0 Å². The fraction of sp³-hybridized carbons (Fsp3) is 0.364. The molecule has 0 fully saturated rings. The van der Waals surface area contributed by atoms with E-state index in [-0.39, 0.29) is 5.91 Å². The van der Waals surface area contributed by atoms with Gasteiger partial charge < -0.3 is 14.8 Å². The molecule has 4 nitrogen and oxygen atoms in total. The summed E-state index contributed by atoms with van der Waals surface area (Å²) in [6, 6.07) is 5.04. The number of ether oxygens (including phenoxy) is 2. The summed E-state index contributed by atoms with van der Waals surface area (Å²) in [5.74, 6) is 0.377. The van der Waals surface area contributed by atoms with E-state index in [1.807, 2.05) is 0 Å². The van der Waals surface area contributed by atoms with Gasteiger partial charge in [-0.3, -0.25) is 4.79 Å². The molecule has 16 heavy (non-hydrogen) atoms. The highest BCUT2D eigenvalue weighted by Gasteiger charge is 2.13. The first-order chi connectivity index (χ1) is 7.58. The molecule has 0 saturated heterocycles. The lowest BCUT2D eigenvalue weighted by molar-refractivity contribution is -0.124. The van der Waals surface area contributed by atoms with Gasteiger partial charge in [0, 0.05) is 13.2 Å². The highest BCUT2D eigenvalue weighted by atomic mass is 35.5. The molecule has 88 valence electrons. The lowest BCUT2D eigenvalue weighted by Crippen LogP contribution is -2.26. The summed E-state index contributed by atoms with van der Waals surface area (Å²) in [5.41, 5.74) is 0.509. The van der Waals surface area contributed by atoms with E-state index in [4.69, 9.17) is 21.1 Å². The average Bonchev–Trinajstić information content (AvgIpc) is 2.30. The van der Waals surface area contributed by atoms with Crippen LogP contribution in [-0.2, 0) is 9.53 Å². The molecule has 0 aliphatic carbocycles. The average molecular weight is 244 g/mol. The lowest BCUT2D eigenvalue weighted by Gasteiger charge is -2.12. The van der Waals surface area contributed by atoms with Gasteiger partial charge in [-0.25, -0.2) is 0 Å². The van der Waals surface area contributed by atoms with Crippen LogP contribution in [0.15, 0.2) is 18.2 Å². The number of rotatable bonds is 4. The van der Waals surface area contributed by atoms with Crippen LogP contribution in [0.5, 0.6) is 5.75 Å². The van der Waals surface area contributed by atoms with E-state index >= 15 is 0 Å². The first-order valence-electron chi connectivity index (χ1n) is 4.75. The molecule has 1 unspecified atom stereocenters. The number of methoxy groups -OCH3 is 2. The Morgan fingerprint density at radius 1 is 1.44 bits per heavy atom. The Bertz CT molecular complexity index is 381. The monoisotopic (exact) mass is 243 g/mol. The number of anilines is 1. The van der Waals surface area contributed by atoms with Crippen molar-refractivity contribution in [3.63, 3.8) is 0 Å². The van der Waals surface area contributed by atoms with Gasteiger partial charge in [-0.15, -0.1) is 0 Å². The zero-order chi connectivity index (χ0) is 12.1. The summed E-state index contributed by atoms with van der Waals surface area (Å²) in [6.45, 7) is 1.66. The number of nitrogens with one attached hydrogen (secondary N) is 1. The molecule has 1 N–H and O–H groups in total. The molecule has 0 aliphatic heterocycles. The molecule has 0 spiro atoms. The Labute approximate surface area is 99.5 Å². The summed E-state index contributed by atoms with van der Waals surface area (Å²) < 4.78 is 9.93. The van der Waals surface area contributed by atoms with Crippen molar-refractivity contribution in [3.05, 3.63) is 23.2 Å². The molecule has 1 rings (SSSR count).